The Morgan fingerprint density at radius 1 is 1.43 bits per heavy atom. The van der Waals surface area contributed by atoms with Crippen molar-refractivity contribution >= 4 is 22.5 Å². The van der Waals surface area contributed by atoms with Crippen molar-refractivity contribution in [1.29, 1.82) is 0 Å². The van der Waals surface area contributed by atoms with Gasteiger partial charge in [-0.15, -0.1) is 0 Å². The Morgan fingerprint density at radius 2 is 2.26 bits per heavy atom. The van der Waals surface area contributed by atoms with Crippen LogP contribution in [0.4, 0.5) is 0 Å². The average molecular weight is 306 g/mol. The summed E-state index contributed by atoms with van der Waals surface area (Å²) in [5, 5.41) is 1.18. The number of amides is 1. The molecule has 0 unspecified atom stereocenters. The van der Waals surface area contributed by atoms with Gasteiger partial charge in [0.1, 0.15) is 0 Å². The molecule has 2 aromatic rings. The number of aromatic nitrogens is 1. The van der Waals surface area contributed by atoms with E-state index in [2.05, 4.69) is 29.7 Å². The van der Waals surface area contributed by atoms with E-state index in [0.29, 0.717) is 13.0 Å². The molecule has 1 aromatic heterocycles. The number of allylic oxidation sites excluding steroid dienone is 1. The highest BCUT2D eigenvalue weighted by molar-refractivity contribution is 5.94. The fourth-order valence-corrected chi connectivity index (χ4v) is 4.57. The highest BCUT2D eigenvalue weighted by atomic mass is 16.2. The zero-order chi connectivity index (χ0) is 17.6. The summed E-state index contributed by atoms with van der Waals surface area (Å²) in [7, 11) is 0. The lowest BCUT2D eigenvalue weighted by Crippen LogP contribution is -2.50. The molecule has 3 aliphatic heterocycles. The van der Waals surface area contributed by atoms with Crippen LogP contribution >= 0.6 is 0 Å². The van der Waals surface area contributed by atoms with Gasteiger partial charge >= 0.3 is 0 Å². The van der Waals surface area contributed by atoms with Gasteiger partial charge in [-0.2, -0.15) is 0 Å². The first kappa shape index (κ1) is 11.3. The lowest BCUT2D eigenvalue weighted by Gasteiger charge is -2.50. The van der Waals surface area contributed by atoms with Crippen LogP contribution in [0.2, 0.25) is 0 Å². The van der Waals surface area contributed by atoms with E-state index in [4.69, 9.17) is 1.37 Å². The van der Waals surface area contributed by atoms with E-state index in [1.165, 1.54) is 10.9 Å². The quantitative estimate of drug-likeness (QED) is 0.784. The van der Waals surface area contributed by atoms with E-state index in [1.807, 2.05) is 19.1 Å². The normalized spacial score (nSPS) is 33.0. The SMILES string of the molecule is [2H]C1=C[C@@]2(CC)C=C(C)n3c4c(c5ccccc53)CCN(C1=O)[C@@]42[2H]. The fourth-order valence-electron chi connectivity index (χ4n) is 4.57. The molecule has 3 nitrogen and oxygen atoms in total. The minimum atomic E-state index is -1.19. The van der Waals surface area contributed by atoms with Crippen molar-refractivity contribution in [3.8, 4) is 0 Å². The topological polar surface area (TPSA) is 25.2 Å². The second-order valence-corrected chi connectivity index (χ2v) is 6.70. The molecule has 1 amide bonds. The molecule has 116 valence electrons. The van der Waals surface area contributed by atoms with E-state index < -0.39 is 11.4 Å². The summed E-state index contributed by atoms with van der Waals surface area (Å²) in [6.07, 6.45) is 5.23. The van der Waals surface area contributed by atoms with Crippen LogP contribution in [0.5, 0.6) is 0 Å². The highest BCUT2D eigenvalue weighted by Crippen LogP contribution is 2.55. The molecule has 0 aliphatic carbocycles. The lowest BCUT2D eigenvalue weighted by molar-refractivity contribution is -0.132. The molecule has 0 radical (unpaired) electrons. The molecular formula is C20H20N2O. The summed E-state index contributed by atoms with van der Waals surface area (Å²) < 4.78 is 19.9. The summed E-state index contributed by atoms with van der Waals surface area (Å²) in [6, 6.07) is 7.10. The Hall–Kier alpha value is -2.29. The van der Waals surface area contributed by atoms with E-state index in [1.54, 1.807) is 11.0 Å². The molecule has 4 heterocycles. The van der Waals surface area contributed by atoms with E-state index in [9.17, 15) is 6.17 Å². The molecule has 0 saturated heterocycles. The maximum absolute atomic E-state index is 12.7. The number of hydrogen-bond acceptors (Lipinski definition) is 1. The van der Waals surface area contributed by atoms with Gasteiger partial charge in [0.05, 0.1) is 20.0 Å². The summed E-state index contributed by atoms with van der Waals surface area (Å²) >= 11 is 0. The minimum absolute atomic E-state index is 0.0155. The van der Waals surface area contributed by atoms with Crippen LogP contribution in [0.25, 0.3) is 16.6 Å². The summed E-state index contributed by atoms with van der Waals surface area (Å²) in [5.74, 6) is -0.325. The second-order valence-electron chi connectivity index (χ2n) is 6.70. The largest absolute Gasteiger partial charge is 0.329 e. The first-order chi connectivity index (χ1) is 11.9. The van der Waals surface area contributed by atoms with Crippen molar-refractivity contribution in [2.24, 2.45) is 5.41 Å². The van der Waals surface area contributed by atoms with Crippen molar-refractivity contribution in [2.45, 2.75) is 32.7 Å². The fraction of sp³-hybridized carbons (Fsp3) is 0.350. The third-order valence-corrected chi connectivity index (χ3v) is 5.60. The molecule has 1 aromatic carbocycles. The average Bonchev–Trinajstić information content (AvgIpc) is 2.95. The molecule has 0 N–H and O–H groups in total. The van der Waals surface area contributed by atoms with Crippen molar-refractivity contribution in [2.75, 3.05) is 6.54 Å². The highest BCUT2D eigenvalue weighted by Gasteiger charge is 2.49. The van der Waals surface area contributed by atoms with Gasteiger partial charge in [0.25, 0.3) is 0 Å². The lowest BCUT2D eigenvalue weighted by atomic mass is 9.69. The van der Waals surface area contributed by atoms with Gasteiger partial charge in [0, 0.05) is 29.1 Å². The van der Waals surface area contributed by atoms with Crippen molar-refractivity contribution in [3.05, 3.63) is 53.7 Å². The number of benzene rings is 1. The van der Waals surface area contributed by atoms with Crippen molar-refractivity contribution < 1.29 is 7.54 Å². The molecular weight excluding hydrogens is 284 g/mol. The predicted octanol–water partition coefficient (Wildman–Crippen LogP) is 3.91. The van der Waals surface area contributed by atoms with Gasteiger partial charge in [0.2, 0.25) is 5.91 Å². The number of para-hydroxylation sites is 1. The second kappa shape index (κ2) is 4.16. The van der Waals surface area contributed by atoms with Crippen LogP contribution in [0, 0.1) is 5.41 Å². The zero-order valence-electron chi connectivity index (χ0n) is 15.4. The van der Waals surface area contributed by atoms with Crippen LogP contribution < -0.4 is 0 Å². The Bertz CT molecular complexity index is 1020. The molecule has 0 saturated carbocycles. The molecule has 2 atom stereocenters. The maximum Gasteiger partial charge on any atom is 0.246 e. The number of carbonyl (C=O) groups is 1. The summed E-state index contributed by atoms with van der Waals surface area (Å²) in [5.41, 5.74) is 3.62. The first-order valence-electron chi connectivity index (χ1n) is 9.28. The van der Waals surface area contributed by atoms with Gasteiger partial charge in [-0.1, -0.05) is 37.3 Å². The third-order valence-electron chi connectivity index (χ3n) is 5.60. The molecule has 0 spiro atoms. The van der Waals surface area contributed by atoms with Gasteiger partial charge in [-0.25, -0.2) is 0 Å². The molecule has 23 heavy (non-hydrogen) atoms. The van der Waals surface area contributed by atoms with Gasteiger partial charge in [-0.05, 0) is 31.4 Å². The minimum Gasteiger partial charge on any atom is -0.329 e. The van der Waals surface area contributed by atoms with Gasteiger partial charge < -0.3 is 9.47 Å². The van der Waals surface area contributed by atoms with Crippen LogP contribution in [0.15, 0.2) is 42.5 Å². The van der Waals surface area contributed by atoms with Crippen LogP contribution in [-0.2, 0) is 11.2 Å². The van der Waals surface area contributed by atoms with Crippen LogP contribution in [0.1, 0.15) is 40.3 Å². The van der Waals surface area contributed by atoms with E-state index >= 15 is 0 Å². The zero-order valence-corrected chi connectivity index (χ0v) is 13.4. The van der Waals surface area contributed by atoms with E-state index in [0.717, 1.165) is 23.3 Å². The van der Waals surface area contributed by atoms with Crippen LogP contribution in [-0.4, -0.2) is 21.9 Å². The molecule has 3 heteroatoms. The smallest absolute Gasteiger partial charge is 0.246 e. The third kappa shape index (κ3) is 1.43. The molecule has 3 aliphatic rings. The van der Waals surface area contributed by atoms with Crippen molar-refractivity contribution in [1.82, 2.24) is 9.47 Å². The Balaban J connectivity index is 1.99. The number of hydrogen-bond donors (Lipinski definition) is 0. The standard InChI is InChI=1S/C20H20N2O/c1-3-20-10-8-17(23)21-11-9-15-14-6-4-5-7-16(14)22(13(2)12-20)18(15)19(20)21/h4-8,10,12,19H,3,9,11H2,1-2H3/t19-,20-/m0/s1/i8D,19D. The van der Waals surface area contributed by atoms with Gasteiger partial charge in [0.15, 0.2) is 0 Å². The van der Waals surface area contributed by atoms with Crippen LogP contribution in [0.3, 0.4) is 0 Å². The van der Waals surface area contributed by atoms with Gasteiger partial charge in [-0.3, -0.25) is 4.79 Å². The number of fused-ring (bicyclic) bond motifs is 3. The predicted molar refractivity (Wildman–Crippen MR) is 91.9 cm³/mol. The van der Waals surface area contributed by atoms with E-state index in [-0.39, 0.29) is 12.0 Å². The maximum atomic E-state index is 12.7. The monoisotopic (exact) mass is 306 g/mol. The molecule has 0 fully saturated rings. The number of carbonyl (C=O) groups excluding carboxylic acids is 1. The molecule has 0 bridgehead atoms. The first-order valence-corrected chi connectivity index (χ1v) is 8.28. The Morgan fingerprint density at radius 3 is 3.09 bits per heavy atom. The molecule has 5 rings (SSSR count). The Labute approximate surface area is 138 Å². The van der Waals surface area contributed by atoms with Crippen molar-refractivity contribution in [3.63, 3.8) is 0 Å². The summed E-state index contributed by atoms with van der Waals surface area (Å²) in [4.78, 5) is 14.4. The number of rotatable bonds is 1. The number of nitrogens with zero attached hydrogens (tertiary/aromatic N) is 2. The summed E-state index contributed by atoms with van der Waals surface area (Å²) in [6.45, 7) is 4.61. The Kier molecular flexibility index (Phi) is 2.04.